The molecule has 0 aliphatic heterocycles. The molecular weight excluding hydrogens is 232 g/mol. The molecule has 0 aromatic carbocycles. The van der Waals surface area contributed by atoms with Crippen molar-refractivity contribution in [2.45, 2.75) is 12.6 Å². The Labute approximate surface area is 106 Å². The van der Waals surface area contributed by atoms with Gasteiger partial charge in [0.05, 0.1) is 18.6 Å². The van der Waals surface area contributed by atoms with Gasteiger partial charge in [-0.2, -0.15) is 0 Å². The van der Waals surface area contributed by atoms with E-state index in [1.165, 1.54) is 10.4 Å². The zero-order chi connectivity index (χ0) is 12.1. The fourth-order valence-corrected chi connectivity index (χ4v) is 2.69. The summed E-state index contributed by atoms with van der Waals surface area (Å²) in [6.45, 7) is 1.80. The second kappa shape index (κ2) is 6.00. The van der Waals surface area contributed by atoms with Gasteiger partial charge in [0.2, 0.25) is 0 Å². The van der Waals surface area contributed by atoms with E-state index in [0.29, 0.717) is 6.04 Å². The molecule has 0 aliphatic rings. The van der Waals surface area contributed by atoms with E-state index in [1.807, 2.05) is 17.4 Å². The molecule has 0 radical (unpaired) electrons. The Kier molecular flexibility index (Phi) is 4.36. The molecule has 0 saturated heterocycles. The van der Waals surface area contributed by atoms with Crippen LogP contribution in [0.2, 0.25) is 0 Å². The summed E-state index contributed by atoms with van der Waals surface area (Å²) in [7, 11) is 4.23. The second-order valence-electron chi connectivity index (χ2n) is 4.26. The van der Waals surface area contributed by atoms with E-state index < -0.39 is 0 Å². The highest BCUT2D eigenvalue weighted by atomic mass is 32.1. The molecule has 92 valence electrons. The molecule has 0 bridgehead atoms. The molecule has 2 aromatic heterocycles. The van der Waals surface area contributed by atoms with Crippen LogP contribution in [0.3, 0.4) is 0 Å². The highest BCUT2D eigenvalue weighted by Crippen LogP contribution is 2.22. The summed E-state index contributed by atoms with van der Waals surface area (Å²) in [6.07, 6.45) is 3.49. The van der Waals surface area contributed by atoms with Gasteiger partial charge >= 0.3 is 0 Å². The van der Waals surface area contributed by atoms with E-state index in [-0.39, 0.29) is 0 Å². The van der Waals surface area contributed by atoms with Gasteiger partial charge in [-0.1, -0.05) is 6.07 Å². The molecule has 1 N–H and O–H groups in total. The lowest BCUT2D eigenvalue weighted by Gasteiger charge is -2.23. The van der Waals surface area contributed by atoms with Crippen molar-refractivity contribution in [2.24, 2.45) is 0 Å². The van der Waals surface area contributed by atoms with Crippen LogP contribution in [0.4, 0.5) is 0 Å². The molecule has 0 aliphatic carbocycles. The van der Waals surface area contributed by atoms with Crippen molar-refractivity contribution in [3.63, 3.8) is 0 Å². The minimum absolute atomic E-state index is 0.432. The van der Waals surface area contributed by atoms with Crippen molar-refractivity contribution < 1.29 is 4.42 Å². The smallest absolute Gasteiger partial charge is 0.0947 e. The Morgan fingerprint density at radius 1 is 1.41 bits per heavy atom. The molecule has 1 atom stereocenters. The predicted molar refractivity (Wildman–Crippen MR) is 71.2 cm³/mol. The van der Waals surface area contributed by atoms with Crippen LogP contribution in [0, 0.1) is 0 Å². The minimum atomic E-state index is 0.432. The summed E-state index contributed by atoms with van der Waals surface area (Å²) in [4.78, 5) is 3.64. The Morgan fingerprint density at radius 3 is 2.88 bits per heavy atom. The highest BCUT2D eigenvalue weighted by molar-refractivity contribution is 7.10. The van der Waals surface area contributed by atoms with E-state index in [9.17, 15) is 0 Å². The molecule has 1 unspecified atom stereocenters. The Bertz CT molecular complexity index is 409. The molecule has 3 nitrogen and oxygen atoms in total. The van der Waals surface area contributed by atoms with Crippen molar-refractivity contribution >= 4 is 11.3 Å². The van der Waals surface area contributed by atoms with Gasteiger partial charge in [-0.15, -0.1) is 11.3 Å². The molecular formula is C13H18N2OS. The fourth-order valence-electron chi connectivity index (χ4n) is 1.76. The van der Waals surface area contributed by atoms with E-state index in [0.717, 1.165) is 13.1 Å². The molecule has 17 heavy (non-hydrogen) atoms. The molecule has 0 fully saturated rings. The molecule has 0 amide bonds. The lowest BCUT2D eigenvalue weighted by Crippen LogP contribution is -2.30. The van der Waals surface area contributed by atoms with Crippen molar-refractivity contribution in [2.75, 3.05) is 20.6 Å². The number of furan rings is 1. The standard InChI is InChI=1S/C13H18N2OS/c1-15(2)12(13-4-3-7-17-13)9-14-8-11-5-6-16-10-11/h3-7,10,12,14H,8-9H2,1-2H3. The first-order chi connectivity index (χ1) is 8.27. The molecule has 0 saturated carbocycles. The summed E-state index contributed by atoms with van der Waals surface area (Å²) in [5.41, 5.74) is 1.19. The summed E-state index contributed by atoms with van der Waals surface area (Å²) < 4.78 is 5.04. The van der Waals surface area contributed by atoms with Crippen LogP contribution in [0.25, 0.3) is 0 Å². The zero-order valence-corrected chi connectivity index (χ0v) is 11.0. The maximum atomic E-state index is 5.04. The van der Waals surface area contributed by atoms with Crippen molar-refractivity contribution in [1.29, 1.82) is 0 Å². The number of hydrogen-bond donors (Lipinski definition) is 1. The molecule has 2 rings (SSSR count). The third-order valence-corrected chi connectivity index (χ3v) is 3.72. The van der Waals surface area contributed by atoms with Gasteiger partial charge in [0.15, 0.2) is 0 Å². The van der Waals surface area contributed by atoms with E-state index in [4.69, 9.17) is 4.42 Å². The van der Waals surface area contributed by atoms with Gasteiger partial charge in [0.25, 0.3) is 0 Å². The summed E-state index contributed by atoms with van der Waals surface area (Å²) >= 11 is 1.81. The quantitative estimate of drug-likeness (QED) is 0.854. The van der Waals surface area contributed by atoms with Gasteiger partial charge in [0, 0.05) is 23.5 Å². The van der Waals surface area contributed by atoms with Crippen LogP contribution < -0.4 is 5.32 Å². The van der Waals surface area contributed by atoms with E-state index >= 15 is 0 Å². The monoisotopic (exact) mass is 250 g/mol. The van der Waals surface area contributed by atoms with Crippen LogP contribution in [0.1, 0.15) is 16.5 Å². The van der Waals surface area contributed by atoms with Crippen LogP contribution in [-0.2, 0) is 6.54 Å². The average Bonchev–Trinajstić information content (AvgIpc) is 2.96. The highest BCUT2D eigenvalue weighted by Gasteiger charge is 2.14. The first kappa shape index (κ1) is 12.4. The van der Waals surface area contributed by atoms with Gasteiger partial charge in [-0.3, -0.25) is 0 Å². The number of likely N-dealkylation sites (N-methyl/N-ethyl adjacent to an activating group) is 1. The van der Waals surface area contributed by atoms with Gasteiger partial charge in [-0.05, 0) is 31.6 Å². The Hall–Kier alpha value is -1.10. The fraction of sp³-hybridized carbons (Fsp3) is 0.385. The summed E-state index contributed by atoms with van der Waals surface area (Å²) in [5, 5.41) is 5.59. The Morgan fingerprint density at radius 2 is 2.29 bits per heavy atom. The normalized spacial score (nSPS) is 13.1. The maximum absolute atomic E-state index is 5.04. The number of hydrogen-bond acceptors (Lipinski definition) is 4. The lowest BCUT2D eigenvalue weighted by molar-refractivity contribution is 0.292. The maximum Gasteiger partial charge on any atom is 0.0947 e. The van der Waals surface area contributed by atoms with Crippen LogP contribution in [0.15, 0.2) is 40.5 Å². The first-order valence-corrected chi connectivity index (χ1v) is 6.57. The van der Waals surface area contributed by atoms with Crippen molar-refractivity contribution in [3.8, 4) is 0 Å². The van der Waals surface area contributed by atoms with Gasteiger partial charge in [-0.25, -0.2) is 0 Å². The van der Waals surface area contributed by atoms with Gasteiger partial charge in [0.1, 0.15) is 0 Å². The SMILES string of the molecule is CN(C)C(CNCc1ccoc1)c1cccs1. The van der Waals surface area contributed by atoms with Crippen LogP contribution in [-0.4, -0.2) is 25.5 Å². The number of rotatable bonds is 6. The average molecular weight is 250 g/mol. The molecule has 4 heteroatoms. The third-order valence-electron chi connectivity index (χ3n) is 2.74. The first-order valence-electron chi connectivity index (χ1n) is 5.69. The molecule has 2 heterocycles. The lowest BCUT2D eigenvalue weighted by atomic mass is 10.2. The van der Waals surface area contributed by atoms with E-state index in [2.05, 4.69) is 41.8 Å². The predicted octanol–water partition coefficient (Wildman–Crippen LogP) is 2.73. The van der Waals surface area contributed by atoms with Crippen molar-refractivity contribution in [3.05, 3.63) is 46.5 Å². The third kappa shape index (κ3) is 3.43. The summed E-state index contributed by atoms with van der Waals surface area (Å²) in [5.74, 6) is 0. The molecule has 0 spiro atoms. The topological polar surface area (TPSA) is 28.4 Å². The Balaban J connectivity index is 1.86. The van der Waals surface area contributed by atoms with Crippen molar-refractivity contribution in [1.82, 2.24) is 10.2 Å². The second-order valence-corrected chi connectivity index (χ2v) is 5.24. The summed E-state index contributed by atoms with van der Waals surface area (Å²) in [6, 6.07) is 6.71. The number of thiophene rings is 1. The van der Waals surface area contributed by atoms with E-state index in [1.54, 1.807) is 12.5 Å². The van der Waals surface area contributed by atoms with Crippen LogP contribution >= 0.6 is 11.3 Å². The van der Waals surface area contributed by atoms with Crippen LogP contribution in [0.5, 0.6) is 0 Å². The number of nitrogens with one attached hydrogen (secondary N) is 1. The number of nitrogens with zero attached hydrogens (tertiary/aromatic N) is 1. The minimum Gasteiger partial charge on any atom is -0.472 e. The zero-order valence-electron chi connectivity index (χ0n) is 10.2. The largest absolute Gasteiger partial charge is 0.472 e. The molecule has 2 aromatic rings. The van der Waals surface area contributed by atoms with Gasteiger partial charge < -0.3 is 14.6 Å².